The molecular weight excluding hydrogens is 344 g/mol. The Morgan fingerprint density at radius 2 is 1.96 bits per heavy atom. The van der Waals surface area contributed by atoms with Crippen LogP contribution in [0.25, 0.3) is 22.1 Å². The molecule has 0 saturated heterocycles. The number of anilines is 1. The number of H-pyrrole nitrogens is 1. The molecule has 8 nitrogen and oxygen atoms in total. The molecule has 2 aromatic heterocycles. The molecule has 0 spiro atoms. The van der Waals surface area contributed by atoms with Crippen molar-refractivity contribution in [2.45, 2.75) is 6.92 Å². The molecule has 0 atom stereocenters. The fraction of sp³-hybridized carbons (Fsp3) is 0.158. The number of hydrazone groups is 1. The minimum absolute atomic E-state index is 0.295. The molecule has 8 heteroatoms. The molecule has 4 aromatic rings. The summed E-state index contributed by atoms with van der Waals surface area (Å²) in [5.41, 5.74) is 7.08. The van der Waals surface area contributed by atoms with Gasteiger partial charge in [0, 0.05) is 16.5 Å². The molecule has 2 heterocycles. The van der Waals surface area contributed by atoms with E-state index in [1.165, 1.54) is 0 Å². The average molecular weight is 362 g/mol. The highest BCUT2D eigenvalue weighted by atomic mass is 16.5. The number of hydrogen-bond donors (Lipinski definition) is 2. The van der Waals surface area contributed by atoms with Crippen molar-refractivity contribution < 1.29 is 9.47 Å². The summed E-state index contributed by atoms with van der Waals surface area (Å²) >= 11 is 0. The predicted octanol–water partition coefficient (Wildman–Crippen LogP) is 3.28. The second-order valence-electron chi connectivity index (χ2n) is 5.98. The van der Waals surface area contributed by atoms with Crippen molar-refractivity contribution in [2.24, 2.45) is 5.10 Å². The van der Waals surface area contributed by atoms with Crippen LogP contribution in [0, 0.1) is 6.92 Å². The number of methoxy groups -OCH3 is 2. The number of aromatic nitrogens is 4. The topological polar surface area (TPSA) is 97.3 Å². The Balaban J connectivity index is 1.60. The molecule has 0 fully saturated rings. The van der Waals surface area contributed by atoms with Gasteiger partial charge in [0.2, 0.25) is 0 Å². The highest BCUT2D eigenvalue weighted by Crippen LogP contribution is 2.24. The van der Waals surface area contributed by atoms with Crippen molar-refractivity contribution in [1.29, 1.82) is 0 Å². The number of benzene rings is 2. The SMILES string of the molecule is COc1ccc(OC)c(C=NNc2nnc3c(n2)[nH]c2ccc(C)cc23)c1. The highest BCUT2D eigenvalue weighted by Gasteiger charge is 2.09. The van der Waals surface area contributed by atoms with E-state index in [9.17, 15) is 0 Å². The second kappa shape index (κ2) is 6.91. The van der Waals surface area contributed by atoms with Gasteiger partial charge in [0.05, 0.1) is 20.4 Å². The van der Waals surface area contributed by atoms with Crippen LogP contribution in [0.2, 0.25) is 0 Å². The van der Waals surface area contributed by atoms with Gasteiger partial charge in [-0.2, -0.15) is 10.1 Å². The second-order valence-corrected chi connectivity index (χ2v) is 5.98. The molecule has 0 aliphatic carbocycles. The van der Waals surface area contributed by atoms with Crippen LogP contribution in [-0.2, 0) is 0 Å². The standard InChI is InChI=1S/C19H18N6O2/c1-11-4-6-15-14(8-11)17-18(21-15)22-19(25-23-17)24-20-10-12-9-13(26-2)5-7-16(12)27-3/h4-10H,1-3H3,(H2,21,22,24,25). The van der Waals surface area contributed by atoms with Crippen LogP contribution in [0.3, 0.4) is 0 Å². The summed E-state index contributed by atoms with van der Waals surface area (Å²) in [5.74, 6) is 1.69. The molecule has 27 heavy (non-hydrogen) atoms. The minimum Gasteiger partial charge on any atom is -0.497 e. The fourth-order valence-corrected chi connectivity index (χ4v) is 2.83. The summed E-state index contributed by atoms with van der Waals surface area (Å²) in [7, 11) is 3.21. The predicted molar refractivity (Wildman–Crippen MR) is 105 cm³/mol. The smallest absolute Gasteiger partial charge is 0.265 e. The third-order valence-electron chi connectivity index (χ3n) is 4.18. The Labute approximate surface area is 155 Å². The van der Waals surface area contributed by atoms with Crippen LogP contribution in [0.5, 0.6) is 11.5 Å². The van der Waals surface area contributed by atoms with Crippen LogP contribution >= 0.6 is 0 Å². The van der Waals surface area contributed by atoms with Crippen molar-refractivity contribution >= 4 is 34.2 Å². The molecular formula is C19H18N6O2. The van der Waals surface area contributed by atoms with E-state index in [1.54, 1.807) is 20.4 Å². The zero-order chi connectivity index (χ0) is 18.8. The van der Waals surface area contributed by atoms with E-state index < -0.39 is 0 Å². The van der Waals surface area contributed by atoms with Gasteiger partial charge in [-0.15, -0.1) is 10.2 Å². The van der Waals surface area contributed by atoms with E-state index in [4.69, 9.17) is 9.47 Å². The summed E-state index contributed by atoms with van der Waals surface area (Å²) in [6.45, 7) is 2.04. The Bertz CT molecular complexity index is 1150. The first-order valence-corrected chi connectivity index (χ1v) is 8.32. The molecule has 4 rings (SSSR count). The zero-order valence-electron chi connectivity index (χ0n) is 15.1. The van der Waals surface area contributed by atoms with Crippen molar-refractivity contribution in [3.05, 3.63) is 47.5 Å². The number of ether oxygens (including phenoxy) is 2. The maximum Gasteiger partial charge on any atom is 0.265 e. The van der Waals surface area contributed by atoms with Crippen molar-refractivity contribution in [3.63, 3.8) is 0 Å². The molecule has 0 bridgehead atoms. The van der Waals surface area contributed by atoms with Gasteiger partial charge < -0.3 is 14.5 Å². The molecule has 0 aliphatic heterocycles. The lowest BCUT2D eigenvalue weighted by Crippen LogP contribution is -2.00. The molecule has 0 unspecified atom stereocenters. The number of nitrogens with zero attached hydrogens (tertiary/aromatic N) is 4. The van der Waals surface area contributed by atoms with Crippen molar-refractivity contribution in [3.8, 4) is 11.5 Å². The number of nitrogens with one attached hydrogen (secondary N) is 2. The third-order valence-corrected chi connectivity index (χ3v) is 4.18. The first-order valence-electron chi connectivity index (χ1n) is 8.32. The number of rotatable bonds is 5. The molecule has 2 N–H and O–H groups in total. The van der Waals surface area contributed by atoms with E-state index in [0.717, 1.165) is 27.5 Å². The van der Waals surface area contributed by atoms with Crippen LogP contribution in [0.15, 0.2) is 41.5 Å². The van der Waals surface area contributed by atoms with Gasteiger partial charge in [-0.1, -0.05) is 11.6 Å². The fourth-order valence-electron chi connectivity index (χ4n) is 2.83. The highest BCUT2D eigenvalue weighted by molar-refractivity contribution is 6.03. The Morgan fingerprint density at radius 1 is 1.07 bits per heavy atom. The monoisotopic (exact) mass is 362 g/mol. The zero-order valence-corrected chi connectivity index (χ0v) is 15.1. The van der Waals surface area contributed by atoms with E-state index in [2.05, 4.69) is 36.8 Å². The average Bonchev–Trinajstić information content (AvgIpc) is 3.04. The van der Waals surface area contributed by atoms with Gasteiger partial charge in [0.25, 0.3) is 5.95 Å². The van der Waals surface area contributed by atoms with Crippen LogP contribution in [0.4, 0.5) is 5.95 Å². The normalized spacial score (nSPS) is 11.4. The quantitative estimate of drug-likeness (QED) is 0.418. The Morgan fingerprint density at radius 3 is 2.78 bits per heavy atom. The molecule has 0 aliphatic rings. The van der Waals surface area contributed by atoms with E-state index in [1.807, 2.05) is 37.3 Å². The number of hydrogen-bond acceptors (Lipinski definition) is 7. The van der Waals surface area contributed by atoms with E-state index in [0.29, 0.717) is 23.1 Å². The molecule has 0 radical (unpaired) electrons. The maximum atomic E-state index is 5.33. The summed E-state index contributed by atoms with van der Waals surface area (Å²) < 4.78 is 10.6. The van der Waals surface area contributed by atoms with Gasteiger partial charge >= 0.3 is 0 Å². The molecule has 136 valence electrons. The first kappa shape index (κ1) is 16.8. The molecule has 2 aromatic carbocycles. The summed E-state index contributed by atoms with van der Waals surface area (Å²) in [4.78, 5) is 7.68. The molecule has 0 saturated carbocycles. The number of fused-ring (bicyclic) bond motifs is 3. The van der Waals surface area contributed by atoms with Crippen LogP contribution in [0.1, 0.15) is 11.1 Å². The van der Waals surface area contributed by atoms with E-state index >= 15 is 0 Å². The lowest BCUT2D eigenvalue weighted by molar-refractivity contribution is 0.402. The van der Waals surface area contributed by atoms with Gasteiger partial charge in [0.15, 0.2) is 5.65 Å². The van der Waals surface area contributed by atoms with Gasteiger partial charge in [-0.05, 0) is 37.3 Å². The van der Waals surface area contributed by atoms with Gasteiger partial charge in [0.1, 0.15) is 17.0 Å². The van der Waals surface area contributed by atoms with Crippen LogP contribution < -0.4 is 14.9 Å². The van der Waals surface area contributed by atoms with Crippen molar-refractivity contribution in [2.75, 3.05) is 19.6 Å². The summed E-state index contributed by atoms with van der Waals surface area (Å²) in [6, 6.07) is 11.6. The lowest BCUT2D eigenvalue weighted by Gasteiger charge is -2.06. The Hall–Kier alpha value is -3.68. The van der Waals surface area contributed by atoms with Crippen LogP contribution in [-0.4, -0.2) is 40.6 Å². The largest absolute Gasteiger partial charge is 0.497 e. The van der Waals surface area contributed by atoms with Gasteiger partial charge in [-0.3, -0.25) is 0 Å². The number of aromatic amines is 1. The first-order chi connectivity index (χ1) is 13.2. The number of aryl methyl sites for hydroxylation is 1. The van der Waals surface area contributed by atoms with Gasteiger partial charge in [-0.25, -0.2) is 5.43 Å². The summed E-state index contributed by atoms with van der Waals surface area (Å²) in [5, 5.41) is 13.6. The lowest BCUT2D eigenvalue weighted by atomic mass is 10.2. The summed E-state index contributed by atoms with van der Waals surface area (Å²) in [6.07, 6.45) is 1.61. The minimum atomic E-state index is 0.295. The van der Waals surface area contributed by atoms with Crippen molar-refractivity contribution in [1.82, 2.24) is 20.2 Å². The van der Waals surface area contributed by atoms with E-state index in [-0.39, 0.29) is 0 Å². The third kappa shape index (κ3) is 3.24. The maximum absolute atomic E-state index is 5.33. The Kier molecular flexibility index (Phi) is 4.29. The molecule has 0 amide bonds.